The second-order valence-corrected chi connectivity index (χ2v) is 12.0. The first-order valence-corrected chi connectivity index (χ1v) is 13.8. The summed E-state index contributed by atoms with van der Waals surface area (Å²) in [4.78, 5) is 14.3. The lowest BCUT2D eigenvalue weighted by molar-refractivity contribution is -0.114. The van der Waals surface area contributed by atoms with E-state index < -0.39 is 5.60 Å². The van der Waals surface area contributed by atoms with Crippen molar-refractivity contribution in [2.45, 2.75) is 63.4 Å². The Labute approximate surface area is 221 Å². The molecule has 0 amide bonds. The Morgan fingerprint density at radius 3 is 2.46 bits per heavy atom. The monoisotopic (exact) mass is 491 g/mol. The van der Waals surface area contributed by atoms with Crippen molar-refractivity contribution in [3.8, 4) is 11.8 Å². The van der Waals surface area contributed by atoms with Crippen molar-refractivity contribution in [2.24, 2.45) is 17.3 Å². The average molecular weight is 492 g/mol. The second-order valence-electron chi connectivity index (χ2n) is 12.0. The molecule has 0 saturated heterocycles. The molecule has 2 aromatic rings. The number of anilines is 1. The molecule has 2 saturated carbocycles. The molecule has 0 spiro atoms. The molecule has 5 atom stereocenters. The first-order chi connectivity index (χ1) is 17.8. The molecule has 4 aliphatic carbocycles. The minimum Gasteiger partial charge on any atom is -0.378 e. The highest BCUT2D eigenvalue weighted by molar-refractivity contribution is 5.93. The Balaban J connectivity index is 1.42. The van der Waals surface area contributed by atoms with Gasteiger partial charge in [0.15, 0.2) is 5.78 Å². The van der Waals surface area contributed by atoms with Crippen molar-refractivity contribution in [1.29, 1.82) is 0 Å². The smallest absolute Gasteiger partial charge is 0.156 e. The summed E-state index contributed by atoms with van der Waals surface area (Å²) in [5.74, 6) is 8.15. The first-order valence-electron chi connectivity index (χ1n) is 13.8. The van der Waals surface area contributed by atoms with Crippen molar-refractivity contribution in [3.63, 3.8) is 0 Å². The molecule has 0 radical (unpaired) electrons. The summed E-state index contributed by atoms with van der Waals surface area (Å²) in [6.45, 7) is 2.31. The van der Waals surface area contributed by atoms with Crippen LogP contribution in [-0.4, -0.2) is 30.6 Å². The summed E-state index contributed by atoms with van der Waals surface area (Å²) in [7, 11) is 4.07. The minimum absolute atomic E-state index is 0.255. The molecule has 6 rings (SSSR count). The van der Waals surface area contributed by atoms with Crippen LogP contribution in [0.3, 0.4) is 0 Å². The van der Waals surface area contributed by atoms with Gasteiger partial charge in [-0.1, -0.05) is 54.7 Å². The van der Waals surface area contributed by atoms with Crippen LogP contribution in [0.2, 0.25) is 0 Å². The van der Waals surface area contributed by atoms with Gasteiger partial charge >= 0.3 is 0 Å². The van der Waals surface area contributed by atoms with Crippen molar-refractivity contribution >= 4 is 11.5 Å². The van der Waals surface area contributed by atoms with Crippen LogP contribution < -0.4 is 4.90 Å². The van der Waals surface area contributed by atoms with Gasteiger partial charge in [0, 0.05) is 43.1 Å². The number of rotatable bonds is 2. The van der Waals surface area contributed by atoms with Gasteiger partial charge in [0.05, 0.1) is 0 Å². The first kappa shape index (κ1) is 24.3. The highest BCUT2D eigenvalue weighted by Crippen LogP contribution is 2.66. The van der Waals surface area contributed by atoms with Crippen LogP contribution in [0.5, 0.6) is 0 Å². The minimum atomic E-state index is -1.01. The summed E-state index contributed by atoms with van der Waals surface area (Å²) >= 11 is 0. The highest BCUT2D eigenvalue weighted by Gasteiger charge is 2.62. The zero-order chi connectivity index (χ0) is 25.8. The summed E-state index contributed by atoms with van der Waals surface area (Å²) in [6.07, 6.45) is 8.08. The predicted molar refractivity (Wildman–Crippen MR) is 149 cm³/mol. The van der Waals surface area contributed by atoms with Gasteiger partial charge < -0.3 is 10.0 Å². The number of benzene rings is 2. The number of carbonyl (C=O) groups is 1. The normalized spacial score (nSPS) is 32.5. The summed E-state index contributed by atoms with van der Waals surface area (Å²) in [5, 5.41) is 12.2. The van der Waals surface area contributed by atoms with Gasteiger partial charge in [-0.05, 0) is 97.4 Å². The number of hydrogen-bond acceptors (Lipinski definition) is 3. The molecular formula is C34H37NO2. The van der Waals surface area contributed by atoms with E-state index in [1.165, 1.54) is 16.7 Å². The van der Waals surface area contributed by atoms with E-state index >= 15 is 0 Å². The SMILES string of the molecule is CN(C)c1ccc(C#C[C@]2(O)CC[C@H]3[C@@H]4CCC5=CC(=O)CCC5=C4[C@@H](c4ccccc4)C[C@@]32C)cc1. The number of nitrogens with zero attached hydrogens (tertiary/aromatic N) is 1. The van der Waals surface area contributed by atoms with Gasteiger partial charge in [-0.15, -0.1) is 0 Å². The molecule has 0 bridgehead atoms. The zero-order valence-corrected chi connectivity index (χ0v) is 22.3. The topological polar surface area (TPSA) is 40.5 Å². The van der Waals surface area contributed by atoms with E-state index in [9.17, 15) is 9.90 Å². The van der Waals surface area contributed by atoms with E-state index in [-0.39, 0.29) is 17.1 Å². The molecule has 3 heteroatoms. The van der Waals surface area contributed by atoms with Crippen LogP contribution in [0, 0.1) is 29.1 Å². The molecule has 0 unspecified atom stereocenters. The van der Waals surface area contributed by atoms with Crippen LogP contribution >= 0.6 is 0 Å². The van der Waals surface area contributed by atoms with E-state index in [0.717, 1.165) is 49.8 Å². The van der Waals surface area contributed by atoms with E-state index in [0.29, 0.717) is 18.3 Å². The lowest BCUT2D eigenvalue weighted by Gasteiger charge is -2.53. The van der Waals surface area contributed by atoms with Crippen LogP contribution in [-0.2, 0) is 4.79 Å². The number of allylic oxidation sites excluding steroid dienone is 4. The van der Waals surface area contributed by atoms with Crippen LogP contribution in [0.4, 0.5) is 5.69 Å². The molecule has 1 N–H and O–H groups in total. The molecule has 190 valence electrons. The Bertz CT molecular complexity index is 1340. The van der Waals surface area contributed by atoms with E-state index in [2.05, 4.69) is 78.3 Å². The molecule has 0 aromatic heterocycles. The third-order valence-electron chi connectivity index (χ3n) is 9.89. The van der Waals surface area contributed by atoms with Crippen LogP contribution in [0.1, 0.15) is 68.9 Å². The second kappa shape index (κ2) is 9.03. The molecule has 0 aliphatic heterocycles. The van der Waals surface area contributed by atoms with Gasteiger partial charge in [0.25, 0.3) is 0 Å². The van der Waals surface area contributed by atoms with Crippen molar-refractivity contribution in [2.75, 3.05) is 19.0 Å². The number of ketones is 1. The maximum Gasteiger partial charge on any atom is 0.156 e. The largest absolute Gasteiger partial charge is 0.378 e. The fourth-order valence-electron chi connectivity index (χ4n) is 7.87. The van der Waals surface area contributed by atoms with E-state index in [1.54, 1.807) is 5.57 Å². The average Bonchev–Trinajstić information content (AvgIpc) is 3.17. The molecule has 4 aliphatic rings. The van der Waals surface area contributed by atoms with Crippen molar-refractivity contribution < 1.29 is 9.90 Å². The van der Waals surface area contributed by atoms with Crippen LogP contribution in [0.15, 0.2) is 77.4 Å². The quantitative estimate of drug-likeness (QED) is 0.492. The standard InChI is InChI=1S/C34H37NO2/c1-33-22-30(24-7-5-4-6-8-24)32-28-16-14-27(36)21-25(28)11-15-29(32)31(33)18-20-34(33,37)19-17-23-9-12-26(13-10-23)35(2)3/h4-10,12-13,21,29-31,37H,11,14-16,18,20,22H2,1-3H3/t29-,30+,31-,33-,34-/m0/s1. The number of aliphatic hydroxyl groups is 1. The fraction of sp³-hybridized carbons (Fsp3) is 0.441. The van der Waals surface area contributed by atoms with Crippen LogP contribution in [0.25, 0.3) is 0 Å². The van der Waals surface area contributed by atoms with E-state index in [1.807, 2.05) is 20.2 Å². The molecule has 2 fully saturated rings. The zero-order valence-electron chi connectivity index (χ0n) is 22.3. The lowest BCUT2D eigenvalue weighted by atomic mass is 9.51. The summed E-state index contributed by atoms with van der Waals surface area (Å²) in [5.41, 5.74) is 6.42. The fourth-order valence-corrected chi connectivity index (χ4v) is 7.87. The van der Waals surface area contributed by atoms with Gasteiger partial charge in [-0.25, -0.2) is 0 Å². The maximum atomic E-state index is 12.2. The number of fused-ring (bicyclic) bond motifs is 4. The Kier molecular flexibility index (Phi) is 5.92. The molecule has 37 heavy (non-hydrogen) atoms. The van der Waals surface area contributed by atoms with Crippen molar-refractivity contribution in [1.82, 2.24) is 0 Å². The Morgan fingerprint density at radius 2 is 1.73 bits per heavy atom. The molecular weight excluding hydrogens is 454 g/mol. The third kappa shape index (κ3) is 3.98. The summed E-state index contributed by atoms with van der Waals surface area (Å²) < 4.78 is 0. The Hall–Kier alpha value is -3.09. The molecule has 3 nitrogen and oxygen atoms in total. The van der Waals surface area contributed by atoms with E-state index in [4.69, 9.17) is 0 Å². The van der Waals surface area contributed by atoms with Crippen molar-refractivity contribution in [3.05, 3.63) is 88.5 Å². The number of carbonyl (C=O) groups excluding carboxylic acids is 1. The van der Waals surface area contributed by atoms with Gasteiger partial charge in [-0.2, -0.15) is 0 Å². The lowest BCUT2D eigenvalue weighted by Crippen LogP contribution is -2.51. The molecule has 2 aromatic carbocycles. The number of hydrogen-bond donors (Lipinski definition) is 1. The highest BCUT2D eigenvalue weighted by atomic mass is 16.3. The van der Waals surface area contributed by atoms with Gasteiger partial charge in [0.1, 0.15) is 5.60 Å². The Morgan fingerprint density at radius 1 is 0.973 bits per heavy atom. The molecule has 0 heterocycles. The van der Waals surface area contributed by atoms with Gasteiger partial charge in [0.2, 0.25) is 0 Å². The predicted octanol–water partition coefficient (Wildman–Crippen LogP) is 6.43. The summed E-state index contributed by atoms with van der Waals surface area (Å²) in [6, 6.07) is 19.1. The maximum absolute atomic E-state index is 12.2. The third-order valence-corrected chi connectivity index (χ3v) is 9.89. The van der Waals surface area contributed by atoms with Gasteiger partial charge in [-0.3, -0.25) is 4.79 Å².